The Morgan fingerprint density at radius 3 is 2.86 bits per heavy atom. The van der Waals surface area contributed by atoms with E-state index in [2.05, 4.69) is 10.3 Å². The highest BCUT2D eigenvalue weighted by Gasteiger charge is 2.33. The molecule has 1 unspecified atom stereocenters. The molecule has 4 rings (SSSR count). The van der Waals surface area contributed by atoms with Crippen LogP contribution in [0, 0.1) is 6.92 Å². The zero-order valence-corrected chi connectivity index (χ0v) is 16.0. The maximum atomic E-state index is 13.0. The van der Waals surface area contributed by atoms with E-state index in [9.17, 15) is 23.1 Å². The number of pyridine rings is 1. The first-order valence-electron chi connectivity index (χ1n) is 9.58. The first-order valence-corrected chi connectivity index (χ1v) is 9.58. The molecule has 29 heavy (non-hydrogen) atoms. The van der Waals surface area contributed by atoms with Gasteiger partial charge < -0.3 is 24.6 Å². The molecular weight excluding hydrogens is 389 g/mol. The van der Waals surface area contributed by atoms with E-state index in [-0.39, 0.29) is 19.2 Å². The van der Waals surface area contributed by atoms with E-state index in [1.54, 1.807) is 6.92 Å². The van der Waals surface area contributed by atoms with Crippen LogP contribution < -0.4 is 5.32 Å². The molecule has 0 aliphatic carbocycles. The molecule has 1 amide bonds. The largest absolute Gasteiger partial charge is 0.417 e. The molecule has 10 heteroatoms. The van der Waals surface area contributed by atoms with Crippen molar-refractivity contribution in [3.63, 3.8) is 0 Å². The Kier molecular flexibility index (Phi) is 5.26. The van der Waals surface area contributed by atoms with E-state index >= 15 is 0 Å². The molecule has 2 aromatic heterocycles. The summed E-state index contributed by atoms with van der Waals surface area (Å²) in [4.78, 5) is 18.1. The minimum Gasteiger partial charge on any atom is -0.381 e. The number of carbonyl (C=O) groups is 1. The number of hydrogen-bond acceptors (Lipinski definition) is 5. The van der Waals surface area contributed by atoms with Gasteiger partial charge in [-0.2, -0.15) is 13.2 Å². The number of amides is 1. The fourth-order valence-electron chi connectivity index (χ4n) is 3.80. The van der Waals surface area contributed by atoms with Gasteiger partial charge >= 0.3 is 6.18 Å². The fraction of sp³-hybridized carbons (Fsp3) is 0.579. The van der Waals surface area contributed by atoms with Crippen molar-refractivity contribution in [2.75, 3.05) is 26.3 Å². The molecule has 7 nitrogen and oxygen atoms in total. The van der Waals surface area contributed by atoms with Crippen molar-refractivity contribution >= 4 is 16.9 Å². The zero-order valence-electron chi connectivity index (χ0n) is 16.0. The highest BCUT2D eigenvalue weighted by Crippen LogP contribution is 2.34. The van der Waals surface area contributed by atoms with Crippen molar-refractivity contribution in [1.82, 2.24) is 19.8 Å². The summed E-state index contributed by atoms with van der Waals surface area (Å²) in [6.45, 7) is 4.02. The maximum Gasteiger partial charge on any atom is 0.417 e. The number of halogens is 3. The van der Waals surface area contributed by atoms with Crippen molar-refractivity contribution < 1.29 is 27.8 Å². The van der Waals surface area contributed by atoms with Crippen LogP contribution in [-0.2, 0) is 28.8 Å². The van der Waals surface area contributed by atoms with Gasteiger partial charge in [-0.05, 0) is 31.5 Å². The molecule has 2 aliphatic heterocycles. The quantitative estimate of drug-likeness (QED) is 0.777. The number of aliphatic hydroxyl groups excluding tert-OH is 1. The van der Waals surface area contributed by atoms with Crippen LogP contribution in [0.5, 0.6) is 0 Å². The van der Waals surface area contributed by atoms with Gasteiger partial charge in [-0.25, -0.2) is 4.98 Å². The fourth-order valence-corrected chi connectivity index (χ4v) is 3.80. The summed E-state index contributed by atoms with van der Waals surface area (Å²) in [6, 6.07) is 1.38. The lowest BCUT2D eigenvalue weighted by Crippen LogP contribution is -2.48. The SMILES string of the molecule is Cc1c2n(c3ncc(C(F)(F)F)cc13)CCN(C(=O)C(O)COC[C@H]1CCN1)C2. The second-order valence-electron chi connectivity index (χ2n) is 7.57. The summed E-state index contributed by atoms with van der Waals surface area (Å²) in [5.74, 6) is -0.439. The molecule has 4 heterocycles. The molecule has 0 aromatic carbocycles. The van der Waals surface area contributed by atoms with Crippen LogP contribution in [-0.4, -0.2) is 63.9 Å². The zero-order chi connectivity index (χ0) is 20.8. The van der Waals surface area contributed by atoms with Gasteiger partial charge in [-0.15, -0.1) is 0 Å². The Morgan fingerprint density at radius 1 is 1.45 bits per heavy atom. The van der Waals surface area contributed by atoms with Crippen molar-refractivity contribution in [3.05, 3.63) is 29.1 Å². The summed E-state index contributed by atoms with van der Waals surface area (Å²) >= 11 is 0. The van der Waals surface area contributed by atoms with Crippen LogP contribution in [0.2, 0.25) is 0 Å². The number of hydrogen-bond donors (Lipinski definition) is 2. The average Bonchev–Trinajstić information content (AvgIpc) is 2.94. The molecule has 2 aliphatic rings. The van der Waals surface area contributed by atoms with E-state index in [1.165, 1.54) is 4.90 Å². The minimum absolute atomic E-state index is 0.0774. The predicted molar refractivity (Wildman–Crippen MR) is 98.1 cm³/mol. The summed E-state index contributed by atoms with van der Waals surface area (Å²) in [6.07, 6.45) is -3.87. The molecule has 0 spiro atoms. The van der Waals surface area contributed by atoms with Crippen molar-refractivity contribution in [2.45, 2.75) is 44.8 Å². The molecule has 2 aromatic rings. The molecule has 1 saturated heterocycles. The molecule has 0 radical (unpaired) electrons. The molecule has 0 bridgehead atoms. The van der Waals surface area contributed by atoms with Crippen LogP contribution in [0.15, 0.2) is 12.3 Å². The van der Waals surface area contributed by atoms with Gasteiger partial charge in [0, 0.05) is 36.4 Å². The Balaban J connectivity index is 1.47. The normalized spacial score (nSPS) is 20.4. The highest BCUT2D eigenvalue weighted by atomic mass is 19.4. The number of rotatable bonds is 5. The summed E-state index contributed by atoms with van der Waals surface area (Å²) < 4.78 is 46.3. The number of carbonyl (C=O) groups excluding carboxylic acids is 1. The standard InChI is InChI=1S/C19H23F3N4O3/c1-11-14-6-12(19(20,21)22)7-24-17(14)26-5-4-25(8-15(11)26)18(28)16(27)10-29-9-13-2-3-23-13/h6-7,13,16,23,27H,2-5,8-10H2,1H3/t13-,16?/m1/s1. The Labute approximate surface area is 165 Å². The number of aromatic nitrogens is 2. The van der Waals surface area contributed by atoms with Crippen LogP contribution >= 0.6 is 0 Å². The summed E-state index contributed by atoms with van der Waals surface area (Å²) in [7, 11) is 0. The molecular formula is C19H23F3N4O3. The van der Waals surface area contributed by atoms with Crippen molar-refractivity contribution in [2.24, 2.45) is 0 Å². The second kappa shape index (κ2) is 7.58. The van der Waals surface area contributed by atoms with Gasteiger partial charge in [-0.1, -0.05) is 0 Å². The molecule has 2 atom stereocenters. The van der Waals surface area contributed by atoms with Crippen molar-refractivity contribution in [3.8, 4) is 0 Å². The van der Waals surface area contributed by atoms with Gasteiger partial charge in [0.2, 0.25) is 0 Å². The number of fused-ring (bicyclic) bond motifs is 3. The van der Waals surface area contributed by atoms with Gasteiger partial charge in [0.15, 0.2) is 6.10 Å². The van der Waals surface area contributed by atoms with Crippen molar-refractivity contribution in [1.29, 1.82) is 0 Å². The molecule has 0 saturated carbocycles. The second-order valence-corrected chi connectivity index (χ2v) is 7.57. The molecule has 1 fully saturated rings. The van der Waals surface area contributed by atoms with E-state index in [4.69, 9.17) is 4.74 Å². The lowest BCUT2D eigenvalue weighted by Gasteiger charge is -2.31. The predicted octanol–water partition coefficient (Wildman–Crippen LogP) is 1.45. The smallest absolute Gasteiger partial charge is 0.381 e. The Hall–Kier alpha value is -2.17. The van der Waals surface area contributed by atoms with E-state index in [0.717, 1.165) is 30.9 Å². The topological polar surface area (TPSA) is 79.6 Å². The number of ether oxygens (including phenoxy) is 1. The van der Waals surface area contributed by atoms with Crippen LogP contribution in [0.1, 0.15) is 23.2 Å². The lowest BCUT2D eigenvalue weighted by molar-refractivity contribution is -0.145. The third-order valence-corrected chi connectivity index (χ3v) is 5.66. The number of nitrogens with one attached hydrogen (secondary N) is 1. The number of aryl methyl sites for hydroxylation is 1. The van der Waals surface area contributed by atoms with Crippen LogP contribution in [0.3, 0.4) is 0 Å². The Bertz CT molecular complexity index is 924. The number of nitrogens with zero attached hydrogens (tertiary/aromatic N) is 3. The molecule has 2 N–H and O–H groups in total. The van der Waals surface area contributed by atoms with Gasteiger partial charge in [-0.3, -0.25) is 4.79 Å². The maximum absolute atomic E-state index is 13.0. The van der Waals surface area contributed by atoms with Crippen LogP contribution in [0.4, 0.5) is 13.2 Å². The minimum atomic E-state index is -4.46. The Morgan fingerprint density at radius 2 is 2.21 bits per heavy atom. The average molecular weight is 412 g/mol. The third-order valence-electron chi connectivity index (χ3n) is 5.66. The number of alkyl halides is 3. The molecule has 158 valence electrons. The van der Waals surface area contributed by atoms with E-state index < -0.39 is 23.8 Å². The van der Waals surface area contributed by atoms with Gasteiger partial charge in [0.25, 0.3) is 5.91 Å². The van der Waals surface area contributed by atoms with Crippen LogP contribution in [0.25, 0.3) is 11.0 Å². The van der Waals surface area contributed by atoms with E-state index in [1.807, 2.05) is 4.57 Å². The van der Waals surface area contributed by atoms with Gasteiger partial charge in [0.1, 0.15) is 5.65 Å². The van der Waals surface area contributed by atoms with E-state index in [0.29, 0.717) is 36.3 Å². The summed E-state index contributed by atoms with van der Waals surface area (Å²) in [5.41, 5.74) is 1.09. The highest BCUT2D eigenvalue weighted by molar-refractivity contribution is 5.84. The first kappa shape index (κ1) is 20.1. The van der Waals surface area contributed by atoms with Gasteiger partial charge in [0.05, 0.1) is 25.3 Å². The first-order chi connectivity index (χ1) is 13.8. The summed E-state index contributed by atoms with van der Waals surface area (Å²) in [5, 5.41) is 13.8. The monoisotopic (exact) mass is 412 g/mol. The lowest BCUT2D eigenvalue weighted by atomic mass is 10.1. The third kappa shape index (κ3) is 3.84. The number of aliphatic hydroxyl groups is 1.